The topological polar surface area (TPSA) is 0 Å². The van der Waals surface area contributed by atoms with E-state index in [1.165, 1.54) is 41.6 Å². The van der Waals surface area contributed by atoms with E-state index in [4.69, 9.17) is 0 Å². The second kappa shape index (κ2) is 7.89. The third kappa shape index (κ3) is 5.12. The first-order valence-electron chi connectivity index (χ1n) is 8.39. The molecule has 23 heavy (non-hydrogen) atoms. The summed E-state index contributed by atoms with van der Waals surface area (Å²) in [6, 6.07) is 21.3. The first-order chi connectivity index (χ1) is 10.5. The molecule has 0 aromatic heterocycles. The molecule has 0 aliphatic heterocycles. The minimum absolute atomic E-state index is 0. The van der Waals surface area contributed by atoms with E-state index in [0.717, 1.165) is 0 Å². The van der Waals surface area contributed by atoms with E-state index in [9.17, 15) is 0 Å². The Morgan fingerprint density at radius 2 is 1.74 bits per heavy atom. The Kier molecular flexibility index (Phi) is 6.38. The predicted molar refractivity (Wildman–Crippen MR) is 101 cm³/mol. The molecule has 1 aliphatic carbocycles. The van der Waals surface area contributed by atoms with Gasteiger partial charge in [-0.1, -0.05) is 36.8 Å². The Balaban J connectivity index is 0.000000163. The molecule has 0 bridgehead atoms. The van der Waals surface area contributed by atoms with Crippen molar-refractivity contribution in [2.45, 2.75) is 44.9 Å². The van der Waals surface area contributed by atoms with Crippen LogP contribution in [0.2, 0.25) is 19.6 Å². The molecule has 0 saturated carbocycles. The average Bonchev–Trinajstić information content (AvgIpc) is 3.14. The largest absolute Gasteiger partial charge is 0.211 e. The van der Waals surface area contributed by atoms with Crippen LogP contribution in [0.1, 0.15) is 23.1 Å². The standard InChI is InChI=1S/C12H11.C9H15Si.Hf/c1-3-9-7-11-5-2-6-12(11)8-10(9)4-1;1-10(2,3)8-9-6-4-5-7-9;/h1,3-4,7-8H,2,5-6H2;4-7H,8H2,1-3H3;/q2*-1;. The zero-order valence-corrected chi connectivity index (χ0v) is 19.1. The maximum atomic E-state index is 2.40. The van der Waals surface area contributed by atoms with Gasteiger partial charge in [0.15, 0.2) is 0 Å². The van der Waals surface area contributed by atoms with E-state index in [-0.39, 0.29) is 25.8 Å². The zero-order chi connectivity index (χ0) is 15.6. The zero-order valence-electron chi connectivity index (χ0n) is 14.5. The molecule has 0 heterocycles. The van der Waals surface area contributed by atoms with Crippen molar-refractivity contribution in [3.63, 3.8) is 0 Å². The molecule has 0 saturated heterocycles. The number of benzene rings is 1. The fourth-order valence-electron chi connectivity index (χ4n) is 3.35. The van der Waals surface area contributed by atoms with Crippen molar-refractivity contribution in [1.29, 1.82) is 0 Å². The van der Waals surface area contributed by atoms with Gasteiger partial charge in [0.2, 0.25) is 0 Å². The number of fused-ring (bicyclic) bond motifs is 2. The summed E-state index contributed by atoms with van der Waals surface area (Å²) in [7, 11) is -0.862. The van der Waals surface area contributed by atoms with Crippen molar-refractivity contribution >= 4 is 18.8 Å². The van der Waals surface area contributed by atoms with Crippen LogP contribution in [0, 0.1) is 0 Å². The van der Waals surface area contributed by atoms with E-state index in [1.807, 2.05) is 0 Å². The van der Waals surface area contributed by atoms with E-state index in [1.54, 1.807) is 11.1 Å². The minimum atomic E-state index is -0.862. The predicted octanol–water partition coefficient (Wildman–Crippen LogP) is 5.87. The molecule has 0 atom stereocenters. The van der Waals surface area contributed by atoms with Gasteiger partial charge in [-0.05, 0) is 19.3 Å². The Morgan fingerprint density at radius 1 is 1.00 bits per heavy atom. The third-order valence-electron chi connectivity index (χ3n) is 4.32. The van der Waals surface area contributed by atoms with Gasteiger partial charge in [0.25, 0.3) is 0 Å². The molecule has 2 heteroatoms. The molecule has 1 aliphatic rings. The summed E-state index contributed by atoms with van der Waals surface area (Å²) in [5, 5.41) is 2.83. The first-order valence-corrected chi connectivity index (χ1v) is 12.1. The molecule has 0 fully saturated rings. The van der Waals surface area contributed by atoms with Crippen molar-refractivity contribution in [2.24, 2.45) is 0 Å². The molecule has 0 unspecified atom stereocenters. The van der Waals surface area contributed by atoms with Gasteiger partial charge in [0, 0.05) is 33.9 Å². The Labute approximate surface area is 160 Å². The van der Waals surface area contributed by atoms with Crippen LogP contribution in [-0.2, 0) is 44.7 Å². The number of hydrogen-bond acceptors (Lipinski definition) is 0. The summed E-state index contributed by atoms with van der Waals surface area (Å²) in [5.41, 5.74) is 4.67. The van der Waals surface area contributed by atoms with Crippen molar-refractivity contribution < 1.29 is 25.8 Å². The average molecular weight is 485 g/mol. The van der Waals surface area contributed by atoms with Crippen LogP contribution in [0.5, 0.6) is 0 Å². The maximum absolute atomic E-state index is 2.40. The van der Waals surface area contributed by atoms with Gasteiger partial charge < -0.3 is 0 Å². The van der Waals surface area contributed by atoms with Crippen LogP contribution in [-0.4, -0.2) is 8.07 Å². The smallest absolute Gasteiger partial charge is 0.0362 e. The van der Waals surface area contributed by atoms with Crippen LogP contribution in [0.15, 0.2) is 54.6 Å². The number of rotatable bonds is 2. The quantitative estimate of drug-likeness (QED) is 0.315. The van der Waals surface area contributed by atoms with Gasteiger partial charge in [0.1, 0.15) is 0 Å². The molecular weight excluding hydrogens is 459 g/mol. The van der Waals surface area contributed by atoms with Gasteiger partial charge in [-0.25, -0.2) is 11.6 Å². The Morgan fingerprint density at radius 3 is 2.39 bits per heavy atom. The summed E-state index contributed by atoms with van der Waals surface area (Å²) in [6.45, 7) is 7.21. The van der Waals surface area contributed by atoms with E-state index >= 15 is 0 Å². The van der Waals surface area contributed by atoms with Crippen LogP contribution < -0.4 is 0 Å². The fourth-order valence-corrected chi connectivity index (χ4v) is 4.81. The fraction of sp³-hybridized carbons (Fsp3) is 0.333. The third-order valence-corrected chi connectivity index (χ3v) is 5.78. The Hall–Kier alpha value is -0.733. The van der Waals surface area contributed by atoms with Crippen molar-refractivity contribution in [1.82, 2.24) is 0 Å². The van der Waals surface area contributed by atoms with Crippen LogP contribution in [0.3, 0.4) is 0 Å². The van der Waals surface area contributed by atoms with E-state index in [2.05, 4.69) is 74.2 Å². The van der Waals surface area contributed by atoms with Gasteiger partial charge in [-0.15, -0.1) is 29.0 Å². The van der Waals surface area contributed by atoms with Crippen molar-refractivity contribution in [3.05, 3.63) is 71.3 Å². The molecule has 0 amide bonds. The monoisotopic (exact) mass is 486 g/mol. The molecule has 3 aromatic rings. The summed E-state index contributed by atoms with van der Waals surface area (Å²) in [5.74, 6) is 0. The molecule has 0 nitrogen and oxygen atoms in total. The molecule has 0 spiro atoms. The minimum Gasteiger partial charge on any atom is -0.211 e. The second-order valence-corrected chi connectivity index (χ2v) is 13.1. The Bertz CT molecular complexity index is 691. The van der Waals surface area contributed by atoms with Crippen molar-refractivity contribution in [2.75, 3.05) is 0 Å². The maximum Gasteiger partial charge on any atom is 0.0362 e. The molecule has 120 valence electrons. The summed E-state index contributed by atoms with van der Waals surface area (Å²) in [4.78, 5) is 0. The SMILES string of the molecule is C[Si](C)(C)Cc1cc[cH-]c1.[Hf].c1cc2cc3c(cc2[cH-]1)CCC3. The first kappa shape index (κ1) is 18.6. The number of hydrogen-bond donors (Lipinski definition) is 0. The second-order valence-electron chi connectivity index (χ2n) is 7.66. The summed E-state index contributed by atoms with van der Waals surface area (Å²) < 4.78 is 0. The van der Waals surface area contributed by atoms with Crippen LogP contribution in [0.25, 0.3) is 10.8 Å². The molecule has 0 N–H and O–H groups in total. The van der Waals surface area contributed by atoms with Gasteiger partial charge in [-0.3, -0.25) is 0 Å². The molecule has 3 aromatic carbocycles. The van der Waals surface area contributed by atoms with Crippen LogP contribution in [0.4, 0.5) is 0 Å². The van der Waals surface area contributed by atoms with Gasteiger partial charge in [0.05, 0.1) is 0 Å². The van der Waals surface area contributed by atoms with Gasteiger partial charge in [-0.2, -0.15) is 30.3 Å². The van der Waals surface area contributed by atoms with Crippen LogP contribution >= 0.6 is 0 Å². The molecule has 4 rings (SSSR count). The molecule has 0 radical (unpaired) electrons. The number of aryl methyl sites for hydroxylation is 2. The molecular formula is C21H26HfSi-2. The summed E-state index contributed by atoms with van der Waals surface area (Å²) in [6.07, 6.45) is 3.93. The van der Waals surface area contributed by atoms with E-state index in [0.29, 0.717) is 0 Å². The van der Waals surface area contributed by atoms with Crippen molar-refractivity contribution in [3.8, 4) is 0 Å². The van der Waals surface area contributed by atoms with Gasteiger partial charge >= 0.3 is 0 Å². The normalized spacial score (nSPS) is 13.2. The summed E-state index contributed by atoms with van der Waals surface area (Å²) >= 11 is 0. The van der Waals surface area contributed by atoms with E-state index < -0.39 is 8.07 Å².